The lowest BCUT2D eigenvalue weighted by Gasteiger charge is -2.09. The van der Waals surface area contributed by atoms with Crippen molar-refractivity contribution in [2.24, 2.45) is 0 Å². The Balaban J connectivity index is 1.99. The number of aromatic amines is 1. The van der Waals surface area contributed by atoms with Crippen LogP contribution in [0.15, 0.2) is 40.1 Å². The lowest BCUT2D eigenvalue weighted by molar-refractivity contribution is -0.116. The Morgan fingerprint density at radius 3 is 2.76 bits per heavy atom. The zero-order valence-corrected chi connectivity index (χ0v) is 11.7. The van der Waals surface area contributed by atoms with E-state index in [4.69, 9.17) is 17.3 Å². The van der Waals surface area contributed by atoms with Crippen molar-refractivity contribution in [3.8, 4) is 0 Å². The van der Waals surface area contributed by atoms with Crippen molar-refractivity contribution in [3.63, 3.8) is 0 Å². The molecule has 1 heterocycles. The van der Waals surface area contributed by atoms with Gasteiger partial charge in [-0.3, -0.25) is 14.6 Å². The van der Waals surface area contributed by atoms with E-state index in [0.717, 1.165) is 0 Å². The highest BCUT2D eigenvalue weighted by molar-refractivity contribution is 6.31. The second-order valence-electron chi connectivity index (χ2n) is 4.33. The van der Waals surface area contributed by atoms with Crippen molar-refractivity contribution in [2.45, 2.75) is 13.0 Å². The van der Waals surface area contributed by atoms with E-state index in [2.05, 4.69) is 10.3 Å². The van der Waals surface area contributed by atoms with E-state index in [1.807, 2.05) is 0 Å². The summed E-state index contributed by atoms with van der Waals surface area (Å²) in [6, 6.07) is 5.96. The summed E-state index contributed by atoms with van der Waals surface area (Å²) in [6.07, 6.45) is 1.40. The molecule has 8 heteroatoms. The molecule has 0 saturated heterocycles. The summed E-state index contributed by atoms with van der Waals surface area (Å²) in [5, 5.41) is 3.11. The van der Waals surface area contributed by atoms with Crippen LogP contribution in [-0.4, -0.2) is 15.5 Å². The molecule has 0 bridgehead atoms. The number of nitrogens with zero attached hydrogens (tertiary/aromatic N) is 1. The van der Waals surface area contributed by atoms with Crippen molar-refractivity contribution in [3.05, 3.63) is 56.3 Å². The summed E-state index contributed by atoms with van der Waals surface area (Å²) < 4.78 is 1.24. The second kappa shape index (κ2) is 6.27. The van der Waals surface area contributed by atoms with Gasteiger partial charge in [0, 0.05) is 30.3 Å². The largest absolute Gasteiger partial charge is 0.397 e. The summed E-state index contributed by atoms with van der Waals surface area (Å²) in [7, 11) is 0. The SMILES string of the molecule is Nc1cc(Cl)ccc1NC(=O)CCn1ccc(=O)[nH]c1=O. The topological polar surface area (TPSA) is 110 Å². The second-order valence-corrected chi connectivity index (χ2v) is 4.77. The van der Waals surface area contributed by atoms with E-state index in [1.165, 1.54) is 22.9 Å². The normalized spacial score (nSPS) is 10.3. The predicted molar refractivity (Wildman–Crippen MR) is 80.4 cm³/mol. The van der Waals surface area contributed by atoms with Gasteiger partial charge in [-0.25, -0.2) is 4.79 Å². The number of aryl methyl sites for hydroxylation is 1. The molecule has 110 valence electrons. The summed E-state index contributed by atoms with van der Waals surface area (Å²) in [6.45, 7) is 0.148. The van der Waals surface area contributed by atoms with Crippen LogP contribution in [0.1, 0.15) is 6.42 Å². The van der Waals surface area contributed by atoms with Gasteiger partial charge >= 0.3 is 5.69 Å². The monoisotopic (exact) mass is 308 g/mol. The molecule has 0 atom stereocenters. The Hall–Kier alpha value is -2.54. The maximum atomic E-state index is 11.8. The summed E-state index contributed by atoms with van der Waals surface area (Å²) in [5.74, 6) is -0.304. The molecule has 1 aromatic heterocycles. The number of hydrogen-bond acceptors (Lipinski definition) is 4. The predicted octanol–water partition coefficient (Wildman–Crippen LogP) is 0.801. The zero-order chi connectivity index (χ0) is 15.4. The molecular weight excluding hydrogens is 296 g/mol. The lowest BCUT2D eigenvalue weighted by Crippen LogP contribution is -2.29. The van der Waals surface area contributed by atoms with Crippen LogP contribution in [0, 0.1) is 0 Å². The molecule has 0 spiro atoms. The Morgan fingerprint density at radius 2 is 2.10 bits per heavy atom. The van der Waals surface area contributed by atoms with Gasteiger partial charge in [0.2, 0.25) is 5.91 Å². The molecule has 0 fully saturated rings. The summed E-state index contributed by atoms with van der Waals surface area (Å²) in [4.78, 5) is 36.3. The zero-order valence-electron chi connectivity index (χ0n) is 10.9. The molecule has 0 aliphatic heterocycles. The van der Waals surface area contributed by atoms with Gasteiger partial charge in [-0.1, -0.05) is 11.6 Å². The number of nitrogens with one attached hydrogen (secondary N) is 2. The molecule has 2 aromatic rings. The first-order valence-corrected chi connectivity index (χ1v) is 6.48. The molecular formula is C13H13ClN4O3. The quantitative estimate of drug-likeness (QED) is 0.726. The van der Waals surface area contributed by atoms with Crippen LogP contribution >= 0.6 is 11.6 Å². The highest BCUT2D eigenvalue weighted by Crippen LogP contribution is 2.22. The highest BCUT2D eigenvalue weighted by Gasteiger charge is 2.07. The number of carbonyl (C=O) groups excluding carboxylic acids is 1. The Labute approximate surface area is 124 Å². The molecule has 4 N–H and O–H groups in total. The number of H-pyrrole nitrogens is 1. The van der Waals surface area contributed by atoms with E-state index >= 15 is 0 Å². The molecule has 0 aliphatic carbocycles. The fourth-order valence-electron chi connectivity index (χ4n) is 1.70. The lowest BCUT2D eigenvalue weighted by atomic mass is 10.2. The van der Waals surface area contributed by atoms with Gasteiger partial charge in [0.05, 0.1) is 11.4 Å². The van der Waals surface area contributed by atoms with Gasteiger partial charge in [-0.2, -0.15) is 0 Å². The Bertz CT molecular complexity index is 781. The van der Waals surface area contributed by atoms with Gasteiger partial charge in [0.15, 0.2) is 0 Å². The number of benzene rings is 1. The summed E-state index contributed by atoms with van der Waals surface area (Å²) in [5.41, 5.74) is 5.51. The third-order valence-electron chi connectivity index (χ3n) is 2.76. The molecule has 0 saturated carbocycles. The van der Waals surface area contributed by atoms with Crippen LogP contribution in [0.2, 0.25) is 5.02 Å². The van der Waals surface area contributed by atoms with E-state index in [1.54, 1.807) is 12.1 Å². The third-order valence-corrected chi connectivity index (χ3v) is 3.00. The van der Waals surface area contributed by atoms with Crippen LogP contribution in [-0.2, 0) is 11.3 Å². The minimum Gasteiger partial charge on any atom is -0.397 e. The van der Waals surface area contributed by atoms with E-state index in [-0.39, 0.29) is 18.9 Å². The minimum absolute atomic E-state index is 0.0635. The maximum absolute atomic E-state index is 11.8. The number of anilines is 2. The van der Waals surface area contributed by atoms with Crippen molar-refractivity contribution in [1.82, 2.24) is 9.55 Å². The molecule has 21 heavy (non-hydrogen) atoms. The van der Waals surface area contributed by atoms with Gasteiger partial charge in [-0.15, -0.1) is 0 Å². The fourth-order valence-corrected chi connectivity index (χ4v) is 1.88. The number of halogens is 1. The van der Waals surface area contributed by atoms with E-state index in [9.17, 15) is 14.4 Å². The first kappa shape index (κ1) is 14.9. The summed E-state index contributed by atoms with van der Waals surface area (Å²) >= 11 is 5.77. The molecule has 0 aliphatic rings. The van der Waals surface area contributed by atoms with Crippen LogP contribution in [0.5, 0.6) is 0 Å². The number of nitrogens with two attached hydrogens (primary N) is 1. The molecule has 2 rings (SSSR count). The van der Waals surface area contributed by atoms with Crippen LogP contribution in [0.25, 0.3) is 0 Å². The van der Waals surface area contributed by atoms with Crippen LogP contribution in [0.4, 0.5) is 11.4 Å². The molecule has 1 aromatic carbocycles. The average Bonchev–Trinajstić information content (AvgIpc) is 2.41. The third kappa shape index (κ3) is 3.96. The smallest absolute Gasteiger partial charge is 0.328 e. The fraction of sp³-hybridized carbons (Fsp3) is 0.154. The number of hydrogen-bond donors (Lipinski definition) is 3. The molecule has 7 nitrogen and oxygen atoms in total. The van der Waals surface area contributed by atoms with Crippen molar-refractivity contribution in [1.29, 1.82) is 0 Å². The molecule has 0 unspecified atom stereocenters. The van der Waals surface area contributed by atoms with Gasteiger partial charge in [-0.05, 0) is 18.2 Å². The first-order chi connectivity index (χ1) is 9.95. The average molecular weight is 309 g/mol. The Kier molecular flexibility index (Phi) is 4.44. The molecule has 0 radical (unpaired) electrons. The molecule has 1 amide bonds. The van der Waals surface area contributed by atoms with Gasteiger partial charge < -0.3 is 15.6 Å². The number of aromatic nitrogens is 2. The van der Waals surface area contributed by atoms with Crippen LogP contribution in [0.3, 0.4) is 0 Å². The highest BCUT2D eigenvalue weighted by atomic mass is 35.5. The Morgan fingerprint density at radius 1 is 1.33 bits per heavy atom. The van der Waals surface area contributed by atoms with E-state index < -0.39 is 11.2 Å². The van der Waals surface area contributed by atoms with Crippen molar-refractivity contribution in [2.75, 3.05) is 11.1 Å². The minimum atomic E-state index is -0.554. The first-order valence-electron chi connectivity index (χ1n) is 6.10. The maximum Gasteiger partial charge on any atom is 0.328 e. The number of rotatable bonds is 4. The van der Waals surface area contributed by atoms with Crippen molar-refractivity contribution < 1.29 is 4.79 Å². The van der Waals surface area contributed by atoms with Gasteiger partial charge in [0.25, 0.3) is 5.56 Å². The van der Waals surface area contributed by atoms with Crippen LogP contribution < -0.4 is 22.3 Å². The van der Waals surface area contributed by atoms with Gasteiger partial charge in [0.1, 0.15) is 0 Å². The van der Waals surface area contributed by atoms with Crippen molar-refractivity contribution >= 4 is 28.9 Å². The standard InChI is InChI=1S/C13H13ClN4O3/c14-8-1-2-10(9(15)7-8)16-11(19)3-5-18-6-4-12(20)17-13(18)21/h1-2,4,6-7H,3,5,15H2,(H,16,19)(H,17,20,21). The number of carbonyl (C=O) groups is 1. The van der Waals surface area contributed by atoms with E-state index in [0.29, 0.717) is 16.4 Å². The number of amides is 1. The number of nitrogen functional groups attached to an aromatic ring is 1.